The molecule has 4 heteroatoms. The highest BCUT2D eigenvalue weighted by Crippen LogP contribution is 2.44. The smallest absolute Gasteiger partial charge is 0.324 e. The zero-order chi connectivity index (χ0) is 16.0. The molecule has 0 aromatic carbocycles. The van der Waals surface area contributed by atoms with Crippen molar-refractivity contribution in [2.45, 2.75) is 79.8 Å². The van der Waals surface area contributed by atoms with Crippen molar-refractivity contribution in [3.63, 3.8) is 0 Å². The molecule has 0 aromatic rings. The summed E-state index contributed by atoms with van der Waals surface area (Å²) < 4.78 is 5.44. The van der Waals surface area contributed by atoms with Crippen LogP contribution in [0, 0.1) is 10.8 Å². The first-order valence-electron chi connectivity index (χ1n) is 7.58. The van der Waals surface area contributed by atoms with Crippen molar-refractivity contribution in [2.24, 2.45) is 10.8 Å². The maximum Gasteiger partial charge on any atom is 0.324 e. The molecule has 0 radical (unpaired) electrons. The molecule has 0 saturated carbocycles. The van der Waals surface area contributed by atoms with Crippen LogP contribution in [0.4, 0.5) is 0 Å². The third-order valence-electron chi connectivity index (χ3n) is 3.89. The Bertz CT molecular complexity index is 330. The van der Waals surface area contributed by atoms with Crippen LogP contribution in [0.1, 0.15) is 73.6 Å². The number of carboxylic acids is 1. The Labute approximate surface area is 122 Å². The molecule has 0 aromatic heterocycles. The molecule has 0 amide bonds. The molecule has 0 aliphatic rings. The molecule has 2 atom stereocenters. The SMILES string of the molecule is CCCCC(C)OC(=O)C(CCC)(C(=O)O)C(C)(C)C. The van der Waals surface area contributed by atoms with Crippen LogP contribution in [-0.2, 0) is 14.3 Å². The highest BCUT2D eigenvalue weighted by molar-refractivity contribution is 6.00. The fourth-order valence-electron chi connectivity index (χ4n) is 2.51. The Morgan fingerprint density at radius 1 is 1.15 bits per heavy atom. The van der Waals surface area contributed by atoms with Crippen LogP contribution in [0.2, 0.25) is 0 Å². The molecule has 0 heterocycles. The lowest BCUT2D eigenvalue weighted by atomic mass is 9.64. The average Bonchev–Trinajstić information content (AvgIpc) is 2.30. The number of aliphatic carboxylic acids is 1. The van der Waals surface area contributed by atoms with E-state index >= 15 is 0 Å². The van der Waals surface area contributed by atoms with Gasteiger partial charge in [-0.3, -0.25) is 9.59 Å². The topological polar surface area (TPSA) is 63.6 Å². The van der Waals surface area contributed by atoms with Crippen LogP contribution in [-0.4, -0.2) is 23.1 Å². The summed E-state index contributed by atoms with van der Waals surface area (Å²) in [6.45, 7) is 11.1. The van der Waals surface area contributed by atoms with Gasteiger partial charge >= 0.3 is 11.9 Å². The second-order valence-electron chi connectivity index (χ2n) is 6.57. The van der Waals surface area contributed by atoms with E-state index in [1.807, 2.05) is 13.8 Å². The monoisotopic (exact) mass is 286 g/mol. The zero-order valence-electron chi connectivity index (χ0n) is 13.8. The first kappa shape index (κ1) is 18.9. The molecule has 1 N–H and O–H groups in total. The number of hydrogen-bond acceptors (Lipinski definition) is 3. The molecule has 0 spiro atoms. The molecular weight excluding hydrogens is 256 g/mol. The predicted molar refractivity (Wildman–Crippen MR) is 79.5 cm³/mol. The number of carbonyl (C=O) groups excluding carboxylic acids is 1. The Hall–Kier alpha value is -1.06. The highest BCUT2D eigenvalue weighted by Gasteiger charge is 2.56. The van der Waals surface area contributed by atoms with Crippen molar-refractivity contribution >= 4 is 11.9 Å². The van der Waals surface area contributed by atoms with Gasteiger partial charge in [-0.05, 0) is 25.2 Å². The zero-order valence-corrected chi connectivity index (χ0v) is 13.8. The van der Waals surface area contributed by atoms with E-state index < -0.39 is 22.8 Å². The first-order valence-corrected chi connectivity index (χ1v) is 7.58. The van der Waals surface area contributed by atoms with Gasteiger partial charge in [0, 0.05) is 0 Å². The van der Waals surface area contributed by atoms with Crippen molar-refractivity contribution in [1.29, 1.82) is 0 Å². The summed E-state index contributed by atoms with van der Waals surface area (Å²) in [5, 5.41) is 9.65. The Kier molecular flexibility index (Phi) is 7.25. The van der Waals surface area contributed by atoms with Gasteiger partial charge in [0.1, 0.15) is 0 Å². The van der Waals surface area contributed by atoms with Crippen LogP contribution in [0.5, 0.6) is 0 Å². The predicted octanol–water partition coefficient (Wildman–Crippen LogP) is 4.03. The summed E-state index contributed by atoms with van der Waals surface area (Å²) in [6, 6.07) is 0. The number of carboxylic acid groups (broad SMARTS) is 1. The largest absolute Gasteiger partial charge is 0.480 e. The Balaban J connectivity index is 5.22. The summed E-state index contributed by atoms with van der Waals surface area (Å²) >= 11 is 0. The number of esters is 1. The maximum absolute atomic E-state index is 12.5. The number of rotatable bonds is 8. The minimum Gasteiger partial charge on any atom is -0.480 e. The van der Waals surface area contributed by atoms with Crippen molar-refractivity contribution in [3.05, 3.63) is 0 Å². The van der Waals surface area contributed by atoms with Crippen molar-refractivity contribution in [3.8, 4) is 0 Å². The first-order chi connectivity index (χ1) is 9.13. The van der Waals surface area contributed by atoms with Gasteiger partial charge in [0.15, 0.2) is 5.41 Å². The molecular formula is C16H30O4. The molecule has 20 heavy (non-hydrogen) atoms. The second-order valence-corrected chi connectivity index (χ2v) is 6.57. The van der Waals surface area contributed by atoms with Crippen molar-refractivity contribution in [2.75, 3.05) is 0 Å². The number of carbonyl (C=O) groups is 2. The fourth-order valence-corrected chi connectivity index (χ4v) is 2.51. The molecule has 0 aliphatic heterocycles. The van der Waals surface area contributed by atoms with Gasteiger partial charge in [0.25, 0.3) is 0 Å². The van der Waals surface area contributed by atoms with Crippen LogP contribution >= 0.6 is 0 Å². The minimum atomic E-state index is -1.47. The number of ether oxygens (including phenoxy) is 1. The van der Waals surface area contributed by atoms with Gasteiger partial charge in [-0.15, -0.1) is 0 Å². The Morgan fingerprint density at radius 2 is 1.70 bits per heavy atom. The molecule has 0 saturated heterocycles. The van der Waals surface area contributed by atoms with E-state index in [-0.39, 0.29) is 6.10 Å². The van der Waals surface area contributed by atoms with Crippen LogP contribution in [0.25, 0.3) is 0 Å². The van der Waals surface area contributed by atoms with E-state index in [1.54, 1.807) is 20.8 Å². The fraction of sp³-hybridized carbons (Fsp3) is 0.875. The van der Waals surface area contributed by atoms with Gasteiger partial charge in [-0.25, -0.2) is 0 Å². The van der Waals surface area contributed by atoms with E-state index in [2.05, 4.69) is 6.92 Å². The molecule has 0 rings (SSSR count). The molecule has 118 valence electrons. The summed E-state index contributed by atoms with van der Waals surface area (Å²) in [6.07, 6.45) is 3.46. The summed E-state index contributed by atoms with van der Waals surface area (Å²) in [5.41, 5.74) is -2.15. The lowest BCUT2D eigenvalue weighted by molar-refractivity contribution is -0.182. The average molecular weight is 286 g/mol. The van der Waals surface area contributed by atoms with Gasteiger partial charge in [0.2, 0.25) is 0 Å². The molecule has 0 fully saturated rings. The molecule has 0 aliphatic carbocycles. The maximum atomic E-state index is 12.5. The van der Waals surface area contributed by atoms with Crippen LogP contribution < -0.4 is 0 Å². The standard InChI is InChI=1S/C16H30O4/c1-7-9-10-12(3)20-14(19)16(11-8-2,13(17)18)15(4,5)6/h12H,7-11H2,1-6H3,(H,17,18). The molecule has 2 unspecified atom stereocenters. The number of unbranched alkanes of at least 4 members (excludes halogenated alkanes) is 1. The summed E-state index contributed by atoms with van der Waals surface area (Å²) in [5.74, 6) is -1.68. The van der Waals surface area contributed by atoms with Gasteiger partial charge < -0.3 is 9.84 Å². The van der Waals surface area contributed by atoms with Gasteiger partial charge in [-0.2, -0.15) is 0 Å². The van der Waals surface area contributed by atoms with Crippen LogP contribution in [0.3, 0.4) is 0 Å². The van der Waals surface area contributed by atoms with Crippen molar-refractivity contribution in [1.82, 2.24) is 0 Å². The highest BCUT2D eigenvalue weighted by atomic mass is 16.5. The lowest BCUT2D eigenvalue weighted by Gasteiger charge is -2.39. The van der Waals surface area contributed by atoms with Gasteiger partial charge in [0.05, 0.1) is 6.10 Å². The van der Waals surface area contributed by atoms with E-state index in [0.29, 0.717) is 12.8 Å². The minimum absolute atomic E-state index is 0.236. The summed E-state index contributed by atoms with van der Waals surface area (Å²) in [4.78, 5) is 24.3. The van der Waals surface area contributed by atoms with Gasteiger partial charge in [-0.1, -0.05) is 53.9 Å². The summed E-state index contributed by atoms with van der Waals surface area (Å²) in [7, 11) is 0. The van der Waals surface area contributed by atoms with Crippen molar-refractivity contribution < 1.29 is 19.4 Å². The molecule has 0 bridgehead atoms. The van der Waals surface area contributed by atoms with E-state index in [0.717, 1.165) is 19.3 Å². The normalized spacial score (nSPS) is 16.3. The lowest BCUT2D eigenvalue weighted by Crippen LogP contribution is -2.51. The van der Waals surface area contributed by atoms with E-state index in [4.69, 9.17) is 4.74 Å². The second kappa shape index (κ2) is 7.65. The third-order valence-corrected chi connectivity index (χ3v) is 3.89. The molecule has 4 nitrogen and oxygen atoms in total. The van der Waals surface area contributed by atoms with E-state index in [9.17, 15) is 14.7 Å². The number of hydrogen-bond donors (Lipinski definition) is 1. The third kappa shape index (κ3) is 4.22. The quantitative estimate of drug-likeness (QED) is 0.540. The Morgan fingerprint density at radius 3 is 2.05 bits per heavy atom. The van der Waals surface area contributed by atoms with Crippen LogP contribution in [0.15, 0.2) is 0 Å². The van der Waals surface area contributed by atoms with E-state index in [1.165, 1.54) is 0 Å².